The SMILES string of the molecule is NC1=CNC=NC1(N)c1ccc(C(F)(F)F)cc1. The number of alkyl halides is 3. The van der Waals surface area contributed by atoms with Crippen LogP contribution < -0.4 is 16.8 Å². The molecule has 7 heteroatoms. The molecule has 0 bridgehead atoms. The van der Waals surface area contributed by atoms with Gasteiger partial charge >= 0.3 is 6.18 Å². The second-order valence-corrected chi connectivity index (χ2v) is 3.87. The molecular formula is C11H11F3N4. The zero-order valence-electron chi connectivity index (χ0n) is 9.20. The molecule has 1 aliphatic heterocycles. The first kappa shape index (κ1) is 12.4. The van der Waals surface area contributed by atoms with Crippen LogP contribution in [0, 0.1) is 0 Å². The zero-order chi connectivity index (χ0) is 13.4. The van der Waals surface area contributed by atoms with E-state index in [1.807, 2.05) is 0 Å². The van der Waals surface area contributed by atoms with Gasteiger partial charge in [0.15, 0.2) is 5.66 Å². The molecule has 1 aliphatic rings. The number of benzene rings is 1. The van der Waals surface area contributed by atoms with E-state index in [1.165, 1.54) is 24.7 Å². The van der Waals surface area contributed by atoms with Gasteiger partial charge in [-0.1, -0.05) is 12.1 Å². The van der Waals surface area contributed by atoms with Crippen LogP contribution in [0.25, 0.3) is 0 Å². The minimum Gasteiger partial charge on any atom is -0.397 e. The van der Waals surface area contributed by atoms with E-state index in [2.05, 4.69) is 10.3 Å². The molecule has 96 valence electrons. The molecule has 18 heavy (non-hydrogen) atoms. The molecule has 1 atom stereocenters. The summed E-state index contributed by atoms with van der Waals surface area (Å²) in [5.41, 5.74) is 10.2. The Labute approximate surface area is 101 Å². The third-order valence-electron chi connectivity index (χ3n) is 2.67. The molecule has 0 spiro atoms. The van der Waals surface area contributed by atoms with Crippen LogP contribution in [-0.2, 0) is 11.8 Å². The zero-order valence-corrected chi connectivity index (χ0v) is 9.20. The number of halogens is 3. The number of nitrogens with two attached hydrogens (primary N) is 2. The van der Waals surface area contributed by atoms with Crippen molar-refractivity contribution < 1.29 is 13.2 Å². The number of nitrogens with zero attached hydrogens (tertiary/aromatic N) is 1. The molecule has 0 saturated heterocycles. The van der Waals surface area contributed by atoms with Crippen molar-refractivity contribution in [3.05, 3.63) is 47.3 Å². The van der Waals surface area contributed by atoms with Crippen molar-refractivity contribution in [1.29, 1.82) is 0 Å². The van der Waals surface area contributed by atoms with Gasteiger partial charge in [0.05, 0.1) is 17.6 Å². The molecule has 0 saturated carbocycles. The van der Waals surface area contributed by atoms with Gasteiger partial charge in [-0.05, 0) is 12.1 Å². The summed E-state index contributed by atoms with van der Waals surface area (Å²) >= 11 is 0. The number of hydrogen-bond donors (Lipinski definition) is 3. The Morgan fingerprint density at radius 1 is 1.17 bits per heavy atom. The summed E-state index contributed by atoms with van der Waals surface area (Å²) in [7, 11) is 0. The summed E-state index contributed by atoms with van der Waals surface area (Å²) in [5, 5.41) is 2.66. The molecule has 0 amide bonds. The van der Waals surface area contributed by atoms with Crippen LogP contribution in [0.1, 0.15) is 11.1 Å². The lowest BCUT2D eigenvalue weighted by molar-refractivity contribution is -0.137. The molecule has 1 aromatic carbocycles. The fourth-order valence-corrected chi connectivity index (χ4v) is 1.61. The first-order chi connectivity index (χ1) is 8.34. The van der Waals surface area contributed by atoms with Gasteiger partial charge in [0.1, 0.15) is 0 Å². The van der Waals surface area contributed by atoms with Crippen molar-refractivity contribution >= 4 is 6.34 Å². The van der Waals surface area contributed by atoms with Gasteiger partial charge in [0.2, 0.25) is 0 Å². The van der Waals surface area contributed by atoms with Crippen LogP contribution in [-0.4, -0.2) is 6.34 Å². The van der Waals surface area contributed by atoms with Gasteiger partial charge in [0, 0.05) is 11.8 Å². The van der Waals surface area contributed by atoms with Crippen LogP contribution >= 0.6 is 0 Å². The van der Waals surface area contributed by atoms with Crippen LogP contribution in [0.2, 0.25) is 0 Å². The summed E-state index contributed by atoms with van der Waals surface area (Å²) in [6.07, 6.45) is -1.59. The maximum absolute atomic E-state index is 12.4. The summed E-state index contributed by atoms with van der Waals surface area (Å²) in [5.74, 6) is 0. The van der Waals surface area contributed by atoms with Crippen LogP contribution in [0.3, 0.4) is 0 Å². The standard InChI is InChI=1S/C11H11F3N4/c12-11(13,14)8-3-1-7(2-4-8)10(16)9(15)5-17-6-18-10/h1-6H,15-16H2,(H,17,18). The second-order valence-electron chi connectivity index (χ2n) is 3.87. The summed E-state index contributed by atoms with van der Waals surface area (Å²) in [6, 6.07) is 4.45. The van der Waals surface area contributed by atoms with Crippen LogP contribution in [0.15, 0.2) is 41.2 Å². The predicted octanol–water partition coefficient (Wildman–Crippen LogP) is 1.25. The van der Waals surface area contributed by atoms with E-state index in [1.54, 1.807) is 0 Å². The van der Waals surface area contributed by atoms with E-state index in [9.17, 15) is 13.2 Å². The van der Waals surface area contributed by atoms with Gasteiger partial charge in [-0.3, -0.25) is 5.73 Å². The number of aliphatic imine (C=N–C) groups is 1. The smallest absolute Gasteiger partial charge is 0.397 e. The largest absolute Gasteiger partial charge is 0.416 e. The summed E-state index contributed by atoms with van der Waals surface area (Å²) in [4.78, 5) is 3.97. The van der Waals surface area contributed by atoms with Crippen molar-refractivity contribution in [2.24, 2.45) is 16.5 Å². The fraction of sp³-hybridized carbons (Fsp3) is 0.182. The Hall–Kier alpha value is -2.02. The van der Waals surface area contributed by atoms with E-state index < -0.39 is 17.4 Å². The summed E-state index contributed by atoms with van der Waals surface area (Å²) < 4.78 is 37.3. The Morgan fingerprint density at radius 3 is 2.28 bits per heavy atom. The van der Waals surface area contributed by atoms with Gasteiger partial charge in [-0.15, -0.1) is 0 Å². The quantitative estimate of drug-likeness (QED) is 0.707. The highest BCUT2D eigenvalue weighted by molar-refractivity contribution is 5.61. The Morgan fingerprint density at radius 2 is 1.78 bits per heavy atom. The Balaban J connectivity index is 2.38. The molecule has 1 heterocycles. The maximum atomic E-state index is 12.4. The normalized spacial score (nSPS) is 23.4. The highest BCUT2D eigenvalue weighted by atomic mass is 19.4. The molecule has 4 nitrogen and oxygen atoms in total. The average molecular weight is 256 g/mol. The van der Waals surface area contributed by atoms with Gasteiger partial charge < -0.3 is 11.1 Å². The molecule has 5 N–H and O–H groups in total. The highest BCUT2D eigenvalue weighted by Gasteiger charge is 2.34. The Kier molecular flexibility index (Phi) is 2.78. The van der Waals surface area contributed by atoms with E-state index >= 15 is 0 Å². The topological polar surface area (TPSA) is 76.4 Å². The molecule has 2 rings (SSSR count). The second kappa shape index (κ2) is 4.02. The monoisotopic (exact) mass is 256 g/mol. The van der Waals surface area contributed by atoms with Crippen molar-refractivity contribution in [1.82, 2.24) is 5.32 Å². The molecular weight excluding hydrogens is 245 g/mol. The molecule has 1 unspecified atom stereocenters. The highest BCUT2D eigenvalue weighted by Crippen LogP contribution is 2.32. The molecule has 0 aromatic heterocycles. The van der Waals surface area contributed by atoms with Crippen molar-refractivity contribution in [3.63, 3.8) is 0 Å². The van der Waals surface area contributed by atoms with Crippen LogP contribution in [0.5, 0.6) is 0 Å². The average Bonchev–Trinajstić information content (AvgIpc) is 2.32. The minimum atomic E-state index is -4.38. The van der Waals surface area contributed by atoms with E-state index in [4.69, 9.17) is 11.5 Å². The number of nitrogens with one attached hydrogen (secondary N) is 1. The van der Waals surface area contributed by atoms with Gasteiger partial charge in [-0.25, -0.2) is 4.99 Å². The molecule has 1 aromatic rings. The van der Waals surface area contributed by atoms with Crippen molar-refractivity contribution in [3.8, 4) is 0 Å². The first-order valence-corrected chi connectivity index (χ1v) is 5.06. The lowest BCUT2D eigenvalue weighted by Gasteiger charge is -2.28. The molecule has 0 radical (unpaired) electrons. The fourth-order valence-electron chi connectivity index (χ4n) is 1.61. The van der Waals surface area contributed by atoms with E-state index in [0.29, 0.717) is 5.56 Å². The number of rotatable bonds is 1. The lowest BCUT2D eigenvalue weighted by atomic mass is 9.96. The third-order valence-corrected chi connectivity index (χ3v) is 2.67. The van der Waals surface area contributed by atoms with Crippen LogP contribution in [0.4, 0.5) is 13.2 Å². The van der Waals surface area contributed by atoms with Crippen molar-refractivity contribution in [2.45, 2.75) is 11.8 Å². The lowest BCUT2D eigenvalue weighted by Crippen LogP contribution is -2.43. The maximum Gasteiger partial charge on any atom is 0.416 e. The van der Waals surface area contributed by atoms with Gasteiger partial charge in [0.25, 0.3) is 0 Å². The molecule has 0 fully saturated rings. The van der Waals surface area contributed by atoms with Crippen molar-refractivity contribution in [2.75, 3.05) is 0 Å². The summed E-state index contributed by atoms with van der Waals surface area (Å²) in [6.45, 7) is 0. The number of hydrogen-bond acceptors (Lipinski definition) is 4. The Bertz CT molecular complexity index is 504. The predicted molar refractivity (Wildman–Crippen MR) is 61.2 cm³/mol. The first-order valence-electron chi connectivity index (χ1n) is 5.06. The van der Waals surface area contributed by atoms with Gasteiger partial charge in [-0.2, -0.15) is 13.2 Å². The minimum absolute atomic E-state index is 0.227. The van der Waals surface area contributed by atoms with E-state index in [0.717, 1.165) is 12.1 Å². The van der Waals surface area contributed by atoms with E-state index in [-0.39, 0.29) is 5.70 Å². The molecule has 0 aliphatic carbocycles. The third kappa shape index (κ3) is 2.04.